The fourth-order valence-corrected chi connectivity index (χ4v) is 1.04. The first kappa shape index (κ1) is 9.07. The maximum atomic E-state index is 10.2. The van der Waals surface area contributed by atoms with Gasteiger partial charge in [-0.15, -0.1) is 0 Å². The van der Waals surface area contributed by atoms with Crippen LogP contribution in [-0.4, -0.2) is 11.5 Å². The van der Waals surface area contributed by atoms with Crippen LogP contribution in [0.4, 0.5) is 5.69 Å². The highest BCUT2D eigenvalue weighted by Gasteiger charge is 2.07. The molecule has 0 atom stereocenters. The molecule has 0 radical (unpaired) electrons. The second-order valence-corrected chi connectivity index (χ2v) is 2.51. The van der Waals surface area contributed by atoms with Gasteiger partial charge in [0.15, 0.2) is 0 Å². The van der Waals surface area contributed by atoms with Crippen molar-refractivity contribution >= 4 is 12.1 Å². The third-order valence-electron chi connectivity index (χ3n) is 1.76. The Morgan fingerprint density at radius 3 is 2.85 bits per heavy atom. The summed E-state index contributed by atoms with van der Waals surface area (Å²) in [4.78, 5) is 10.2. The molecular formula is C9H8N2O2. The largest absolute Gasteiger partial charge is 0.508 e. The minimum absolute atomic E-state index is 0.0587. The number of hydrogen-bond acceptors (Lipinski definition) is 3. The van der Waals surface area contributed by atoms with Crippen LogP contribution in [0.2, 0.25) is 0 Å². The van der Waals surface area contributed by atoms with Crippen LogP contribution in [0.3, 0.4) is 0 Å². The molecule has 66 valence electrons. The smallest absolute Gasteiger partial charge is 0.211 e. The van der Waals surface area contributed by atoms with Crippen LogP contribution in [0.5, 0.6) is 5.75 Å². The molecule has 0 aliphatic carbocycles. The molecule has 1 amide bonds. The number of phenolic OH excluding ortho intramolecular Hbond substituents is 1. The van der Waals surface area contributed by atoms with E-state index in [1.54, 1.807) is 6.92 Å². The number of nitrogens with one attached hydrogen (secondary N) is 1. The molecule has 0 bridgehead atoms. The third kappa shape index (κ3) is 1.59. The summed E-state index contributed by atoms with van der Waals surface area (Å²) in [6.45, 7) is 1.63. The first-order valence-electron chi connectivity index (χ1n) is 3.63. The van der Waals surface area contributed by atoms with E-state index in [9.17, 15) is 9.90 Å². The van der Waals surface area contributed by atoms with E-state index >= 15 is 0 Å². The maximum absolute atomic E-state index is 10.2. The van der Waals surface area contributed by atoms with Crippen molar-refractivity contribution in [2.24, 2.45) is 0 Å². The lowest BCUT2D eigenvalue weighted by Crippen LogP contribution is -1.99. The van der Waals surface area contributed by atoms with E-state index in [0.29, 0.717) is 23.2 Å². The van der Waals surface area contributed by atoms with Gasteiger partial charge in [-0.05, 0) is 19.1 Å². The zero-order chi connectivity index (χ0) is 9.84. The summed E-state index contributed by atoms with van der Waals surface area (Å²) in [7, 11) is 0. The molecular weight excluding hydrogens is 168 g/mol. The molecule has 1 aromatic rings. The monoisotopic (exact) mass is 176 g/mol. The molecule has 0 aliphatic rings. The predicted molar refractivity (Wildman–Crippen MR) is 47.2 cm³/mol. The number of aromatic hydroxyl groups is 1. The lowest BCUT2D eigenvalue weighted by Gasteiger charge is -2.07. The standard InChI is InChI=1S/C9H8N2O2/c1-6-8(13)3-2-7(4-10)9(6)11-5-12/h2-3,5,13H,1H3,(H,11,12). The second kappa shape index (κ2) is 3.59. The first-order chi connectivity index (χ1) is 6.20. The van der Waals surface area contributed by atoms with Crippen LogP contribution in [0, 0.1) is 18.3 Å². The van der Waals surface area contributed by atoms with Gasteiger partial charge < -0.3 is 10.4 Å². The number of hydrogen-bond donors (Lipinski definition) is 2. The Morgan fingerprint density at radius 2 is 2.31 bits per heavy atom. The molecule has 0 spiro atoms. The molecule has 0 aliphatic heterocycles. The van der Waals surface area contributed by atoms with Crippen LogP contribution in [0.15, 0.2) is 12.1 Å². The van der Waals surface area contributed by atoms with E-state index in [0.717, 1.165) is 0 Å². The highest BCUT2D eigenvalue weighted by molar-refractivity contribution is 5.79. The number of carbonyl (C=O) groups is 1. The number of amides is 1. The minimum Gasteiger partial charge on any atom is -0.508 e. The quantitative estimate of drug-likeness (QED) is 0.663. The van der Waals surface area contributed by atoms with Crippen molar-refractivity contribution in [2.75, 3.05) is 5.32 Å². The Hall–Kier alpha value is -2.02. The molecule has 0 aromatic heterocycles. The number of rotatable bonds is 2. The lowest BCUT2D eigenvalue weighted by atomic mass is 10.1. The predicted octanol–water partition coefficient (Wildman–Crippen LogP) is 1.14. The van der Waals surface area contributed by atoms with Gasteiger partial charge in [0, 0.05) is 5.56 Å². The lowest BCUT2D eigenvalue weighted by molar-refractivity contribution is -0.105. The fraction of sp³-hybridized carbons (Fsp3) is 0.111. The van der Waals surface area contributed by atoms with Gasteiger partial charge in [0.05, 0.1) is 11.3 Å². The Morgan fingerprint density at radius 1 is 1.62 bits per heavy atom. The molecule has 0 unspecified atom stereocenters. The molecule has 0 saturated heterocycles. The zero-order valence-corrected chi connectivity index (χ0v) is 7.03. The van der Waals surface area contributed by atoms with Crippen LogP contribution in [0.25, 0.3) is 0 Å². The van der Waals surface area contributed by atoms with Crippen molar-refractivity contribution < 1.29 is 9.90 Å². The minimum atomic E-state index is 0.0587. The number of benzene rings is 1. The van der Waals surface area contributed by atoms with Crippen molar-refractivity contribution in [1.82, 2.24) is 0 Å². The van der Waals surface area contributed by atoms with Crippen molar-refractivity contribution in [3.8, 4) is 11.8 Å². The van der Waals surface area contributed by atoms with E-state index in [1.165, 1.54) is 12.1 Å². The SMILES string of the molecule is Cc1c(O)ccc(C#N)c1NC=O. The van der Waals surface area contributed by atoms with E-state index in [1.807, 2.05) is 6.07 Å². The van der Waals surface area contributed by atoms with Gasteiger partial charge >= 0.3 is 0 Å². The summed E-state index contributed by atoms with van der Waals surface area (Å²) in [6, 6.07) is 4.79. The topological polar surface area (TPSA) is 73.1 Å². The van der Waals surface area contributed by atoms with Crippen molar-refractivity contribution in [3.63, 3.8) is 0 Å². The molecule has 0 fully saturated rings. The van der Waals surface area contributed by atoms with Gasteiger partial charge in [-0.3, -0.25) is 4.79 Å². The average Bonchev–Trinajstić information content (AvgIpc) is 2.14. The summed E-state index contributed by atoms with van der Waals surface area (Å²) < 4.78 is 0. The van der Waals surface area contributed by atoms with Gasteiger partial charge in [-0.1, -0.05) is 0 Å². The van der Waals surface area contributed by atoms with E-state index in [4.69, 9.17) is 5.26 Å². The van der Waals surface area contributed by atoms with Gasteiger partial charge in [0.2, 0.25) is 6.41 Å². The molecule has 4 nitrogen and oxygen atoms in total. The Bertz CT molecular complexity index is 380. The van der Waals surface area contributed by atoms with Crippen molar-refractivity contribution in [3.05, 3.63) is 23.3 Å². The van der Waals surface area contributed by atoms with E-state index in [2.05, 4.69) is 5.32 Å². The summed E-state index contributed by atoms with van der Waals surface area (Å²) in [5, 5.41) is 20.3. The van der Waals surface area contributed by atoms with Crippen LogP contribution < -0.4 is 5.32 Å². The Labute approximate surface area is 75.4 Å². The number of carbonyl (C=O) groups excluding carboxylic acids is 1. The highest BCUT2D eigenvalue weighted by Crippen LogP contribution is 2.27. The van der Waals surface area contributed by atoms with Crippen LogP contribution in [-0.2, 0) is 4.79 Å². The molecule has 0 saturated carbocycles. The van der Waals surface area contributed by atoms with Crippen LogP contribution in [0.1, 0.15) is 11.1 Å². The fourth-order valence-electron chi connectivity index (χ4n) is 1.04. The molecule has 0 heterocycles. The number of phenols is 1. The Balaban J connectivity index is 3.33. The first-order valence-corrected chi connectivity index (χ1v) is 3.63. The summed E-state index contributed by atoms with van der Waals surface area (Å²) in [5.74, 6) is 0.0587. The molecule has 13 heavy (non-hydrogen) atoms. The zero-order valence-electron chi connectivity index (χ0n) is 7.03. The summed E-state index contributed by atoms with van der Waals surface area (Å²) in [5.41, 5.74) is 1.19. The van der Waals surface area contributed by atoms with Gasteiger partial charge in [0.1, 0.15) is 11.8 Å². The van der Waals surface area contributed by atoms with E-state index < -0.39 is 0 Å². The molecule has 4 heteroatoms. The highest BCUT2D eigenvalue weighted by atomic mass is 16.3. The Kier molecular flexibility index (Phi) is 2.50. The van der Waals surface area contributed by atoms with E-state index in [-0.39, 0.29) is 5.75 Å². The van der Waals surface area contributed by atoms with Gasteiger partial charge in [-0.25, -0.2) is 0 Å². The average molecular weight is 176 g/mol. The third-order valence-corrected chi connectivity index (χ3v) is 1.76. The molecule has 2 N–H and O–H groups in total. The number of nitrogens with zero attached hydrogens (tertiary/aromatic N) is 1. The number of nitriles is 1. The van der Waals surface area contributed by atoms with Crippen molar-refractivity contribution in [1.29, 1.82) is 5.26 Å². The van der Waals surface area contributed by atoms with Gasteiger partial charge in [0.25, 0.3) is 0 Å². The summed E-state index contributed by atoms with van der Waals surface area (Å²) in [6.07, 6.45) is 0.475. The summed E-state index contributed by atoms with van der Waals surface area (Å²) >= 11 is 0. The maximum Gasteiger partial charge on any atom is 0.211 e. The molecule has 1 rings (SSSR count). The van der Waals surface area contributed by atoms with Crippen LogP contribution >= 0.6 is 0 Å². The van der Waals surface area contributed by atoms with Gasteiger partial charge in [-0.2, -0.15) is 5.26 Å². The van der Waals surface area contributed by atoms with Crippen molar-refractivity contribution in [2.45, 2.75) is 6.92 Å². The number of anilines is 1. The molecule has 1 aromatic carbocycles. The second-order valence-electron chi connectivity index (χ2n) is 2.51. The normalized spacial score (nSPS) is 8.92.